The Hall–Kier alpha value is -2.24. The summed E-state index contributed by atoms with van der Waals surface area (Å²) < 4.78 is 6.21. The van der Waals surface area contributed by atoms with Crippen molar-refractivity contribution < 1.29 is 19.4 Å². The molecule has 2 aromatic heterocycles. The predicted molar refractivity (Wildman–Crippen MR) is 48.7 cm³/mol. The van der Waals surface area contributed by atoms with Gasteiger partial charge < -0.3 is 14.6 Å². The number of carboxylic acid groups (broad SMARTS) is 1. The smallest absolute Gasteiger partial charge is 0.358 e. The van der Waals surface area contributed by atoms with Gasteiger partial charge in [-0.1, -0.05) is 0 Å². The molecule has 0 aliphatic rings. The molecule has 0 spiro atoms. The molecule has 0 aliphatic heterocycles. The van der Waals surface area contributed by atoms with Crippen molar-refractivity contribution in [1.29, 1.82) is 0 Å². The number of hydrogen-bond acceptors (Lipinski definition) is 4. The number of aromatic nitrogens is 2. The largest absolute Gasteiger partial charge is 0.504 e. The van der Waals surface area contributed by atoms with Crippen LogP contribution < -0.4 is 0 Å². The standard InChI is InChI=1S/C9H8N2O4/c12-7-4-10-11(8(7)9(13)14)5-6-2-1-3-15-6/h1-4,12H,5H2,(H,13,14). The van der Waals surface area contributed by atoms with Gasteiger partial charge in [-0.25, -0.2) is 9.48 Å². The van der Waals surface area contributed by atoms with E-state index in [0.29, 0.717) is 5.76 Å². The van der Waals surface area contributed by atoms with Gasteiger partial charge in [0.1, 0.15) is 12.3 Å². The zero-order valence-electron chi connectivity index (χ0n) is 7.62. The van der Waals surface area contributed by atoms with E-state index in [-0.39, 0.29) is 18.0 Å². The van der Waals surface area contributed by atoms with Crippen LogP contribution in [0.3, 0.4) is 0 Å². The van der Waals surface area contributed by atoms with E-state index < -0.39 is 5.97 Å². The van der Waals surface area contributed by atoms with E-state index in [9.17, 15) is 9.90 Å². The van der Waals surface area contributed by atoms with E-state index in [1.165, 1.54) is 6.26 Å². The van der Waals surface area contributed by atoms with Gasteiger partial charge in [-0.15, -0.1) is 0 Å². The molecule has 15 heavy (non-hydrogen) atoms. The van der Waals surface area contributed by atoms with Gasteiger partial charge in [0, 0.05) is 0 Å². The zero-order valence-corrected chi connectivity index (χ0v) is 7.62. The van der Waals surface area contributed by atoms with Crippen LogP contribution in [0.1, 0.15) is 16.2 Å². The van der Waals surface area contributed by atoms with Crippen molar-refractivity contribution in [3.05, 3.63) is 36.0 Å². The third kappa shape index (κ3) is 1.69. The molecule has 2 aromatic rings. The number of furan rings is 1. The number of carboxylic acids is 1. The van der Waals surface area contributed by atoms with Crippen LogP contribution in [-0.2, 0) is 6.54 Å². The predicted octanol–water partition coefficient (Wildman–Crippen LogP) is 0.928. The molecule has 6 nitrogen and oxygen atoms in total. The molecule has 6 heteroatoms. The number of rotatable bonds is 3. The lowest BCUT2D eigenvalue weighted by atomic mass is 10.4. The Bertz CT molecular complexity index is 472. The first kappa shape index (κ1) is 9.32. The lowest BCUT2D eigenvalue weighted by molar-refractivity contribution is 0.0680. The van der Waals surface area contributed by atoms with Crippen LogP contribution >= 0.6 is 0 Å². The minimum Gasteiger partial charge on any atom is -0.504 e. The summed E-state index contributed by atoms with van der Waals surface area (Å²) >= 11 is 0. The SMILES string of the molecule is O=C(O)c1c(O)cnn1Cc1ccco1. The summed E-state index contributed by atoms with van der Waals surface area (Å²) in [7, 11) is 0. The highest BCUT2D eigenvalue weighted by molar-refractivity contribution is 5.88. The van der Waals surface area contributed by atoms with E-state index in [2.05, 4.69) is 5.10 Å². The highest BCUT2D eigenvalue weighted by Crippen LogP contribution is 2.16. The first-order valence-corrected chi connectivity index (χ1v) is 4.19. The molecule has 0 saturated carbocycles. The van der Waals surface area contributed by atoms with Crippen LogP contribution in [0.2, 0.25) is 0 Å². The van der Waals surface area contributed by atoms with Crippen LogP contribution in [0.15, 0.2) is 29.0 Å². The minimum absolute atomic E-state index is 0.176. The molecular formula is C9H8N2O4. The summed E-state index contributed by atoms with van der Waals surface area (Å²) in [5.41, 5.74) is -0.244. The van der Waals surface area contributed by atoms with Crippen LogP contribution in [0.5, 0.6) is 5.75 Å². The second-order valence-corrected chi connectivity index (χ2v) is 2.92. The third-order valence-electron chi connectivity index (χ3n) is 1.91. The molecule has 0 unspecified atom stereocenters. The van der Waals surface area contributed by atoms with Crippen molar-refractivity contribution in [2.75, 3.05) is 0 Å². The molecule has 2 N–H and O–H groups in total. The normalized spacial score (nSPS) is 10.4. The fourth-order valence-corrected chi connectivity index (χ4v) is 1.27. The zero-order chi connectivity index (χ0) is 10.8. The van der Waals surface area contributed by atoms with Gasteiger partial charge in [-0.05, 0) is 12.1 Å². The maximum absolute atomic E-state index is 10.8. The average Bonchev–Trinajstić information content (AvgIpc) is 2.76. The summed E-state index contributed by atoms with van der Waals surface area (Å²) in [5.74, 6) is -1.01. The summed E-state index contributed by atoms with van der Waals surface area (Å²) in [6, 6.07) is 3.39. The van der Waals surface area contributed by atoms with Crippen LogP contribution in [0.4, 0.5) is 0 Å². The van der Waals surface area contributed by atoms with Crippen LogP contribution in [-0.4, -0.2) is 26.0 Å². The van der Waals surface area contributed by atoms with E-state index in [0.717, 1.165) is 10.9 Å². The van der Waals surface area contributed by atoms with E-state index >= 15 is 0 Å². The van der Waals surface area contributed by atoms with Crippen molar-refractivity contribution >= 4 is 5.97 Å². The van der Waals surface area contributed by atoms with E-state index in [1.807, 2.05) is 0 Å². The second-order valence-electron chi connectivity index (χ2n) is 2.92. The van der Waals surface area contributed by atoms with Gasteiger partial charge in [0.15, 0.2) is 11.4 Å². The molecule has 0 aliphatic carbocycles. The molecule has 2 heterocycles. The Labute approximate surface area is 84.4 Å². The summed E-state index contributed by atoms with van der Waals surface area (Å²) in [5, 5.41) is 21.8. The molecule has 0 saturated heterocycles. The lowest BCUT2D eigenvalue weighted by Crippen LogP contribution is -2.10. The molecule has 0 aromatic carbocycles. The second kappa shape index (κ2) is 3.49. The van der Waals surface area contributed by atoms with Crippen molar-refractivity contribution in [2.45, 2.75) is 6.54 Å². The number of nitrogens with zero attached hydrogens (tertiary/aromatic N) is 2. The monoisotopic (exact) mass is 208 g/mol. The maximum Gasteiger partial charge on any atom is 0.358 e. The van der Waals surface area contributed by atoms with Crippen molar-refractivity contribution in [1.82, 2.24) is 9.78 Å². The molecular weight excluding hydrogens is 200 g/mol. The highest BCUT2D eigenvalue weighted by Gasteiger charge is 2.17. The van der Waals surface area contributed by atoms with Gasteiger partial charge >= 0.3 is 5.97 Å². The van der Waals surface area contributed by atoms with E-state index in [4.69, 9.17) is 9.52 Å². The quantitative estimate of drug-likeness (QED) is 0.783. The number of aromatic carboxylic acids is 1. The highest BCUT2D eigenvalue weighted by atomic mass is 16.4. The van der Waals surface area contributed by atoms with Crippen molar-refractivity contribution in [3.8, 4) is 5.75 Å². The molecule has 0 atom stereocenters. The average molecular weight is 208 g/mol. The number of carbonyl (C=O) groups is 1. The van der Waals surface area contributed by atoms with Crippen LogP contribution in [0, 0.1) is 0 Å². The number of aromatic hydroxyl groups is 1. The fraction of sp³-hybridized carbons (Fsp3) is 0.111. The third-order valence-corrected chi connectivity index (χ3v) is 1.91. The Morgan fingerprint density at radius 2 is 2.40 bits per heavy atom. The molecule has 2 rings (SSSR count). The first-order valence-electron chi connectivity index (χ1n) is 4.19. The van der Waals surface area contributed by atoms with Crippen molar-refractivity contribution in [2.24, 2.45) is 0 Å². The lowest BCUT2D eigenvalue weighted by Gasteiger charge is -2.01. The molecule has 0 amide bonds. The molecule has 0 bridgehead atoms. The summed E-state index contributed by atoms with van der Waals surface area (Å²) in [6.45, 7) is 0.176. The Morgan fingerprint density at radius 1 is 1.60 bits per heavy atom. The molecule has 0 fully saturated rings. The topological polar surface area (TPSA) is 88.5 Å². The fourth-order valence-electron chi connectivity index (χ4n) is 1.27. The van der Waals surface area contributed by atoms with Gasteiger partial charge in [-0.2, -0.15) is 5.10 Å². The van der Waals surface area contributed by atoms with Crippen LogP contribution in [0.25, 0.3) is 0 Å². The Kier molecular flexibility index (Phi) is 2.17. The summed E-state index contributed by atoms with van der Waals surface area (Å²) in [4.78, 5) is 10.8. The molecule has 78 valence electrons. The van der Waals surface area contributed by atoms with Gasteiger partial charge in [-0.3, -0.25) is 0 Å². The minimum atomic E-state index is -1.23. The molecule has 0 radical (unpaired) electrons. The Morgan fingerprint density at radius 3 is 3.00 bits per heavy atom. The van der Waals surface area contributed by atoms with Gasteiger partial charge in [0.05, 0.1) is 12.5 Å². The summed E-state index contributed by atoms with van der Waals surface area (Å²) in [6.07, 6.45) is 2.57. The number of hydrogen-bond donors (Lipinski definition) is 2. The van der Waals surface area contributed by atoms with Crippen molar-refractivity contribution in [3.63, 3.8) is 0 Å². The van der Waals surface area contributed by atoms with Gasteiger partial charge in [0.25, 0.3) is 0 Å². The van der Waals surface area contributed by atoms with Gasteiger partial charge in [0.2, 0.25) is 0 Å². The first-order chi connectivity index (χ1) is 7.18. The Balaban J connectivity index is 2.33. The van der Waals surface area contributed by atoms with E-state index in [1.54, 1.807) is 12.1 Å². The maximum atomic E-state index is 10.8.